The molecule has 2 N–H and O–H groups in total. The monoisotopic (exact) mass is 244 g/mol. The van der Waals surface area contributed by atoms with Crippen molar-refractivity contribution in [2.24, 2.45) is 0 Å². The number of hydrogen-bond donors (Lipinski definition) is 1. The van der Waals surface area contributed by atoms with E-state index < -0.39 is 0 Å². The van der Waals surface area contributed by atoms with Gasteiger partial charge < -0.3 is 10.3 Å². The van der Waals surface area contributed by atoms with E-state index in [1.165, 1.54) is 20.5 Å². The second-order valence-corrected chi connectivity index (χ2v) is 5.37. The molecule has 17 heavy (non-hydrogen) atoms. The molecule has 0 aliphatic carbocycles. The summed E-state index contributed by atoms with van der Waals surface area (Å²) in [6.07, 6.45) is 0. The van der Waals surface area contributed by atoms with E-state index in [4.69, 9.17) is 10.3 Å². The van der Waals surface area contributed by atoms with Crippen molar-refractivity contribution in [3.8, 4) is 11.3 Å². The lowest BCUT2D eigenvalue weighted by Gasteiger charge is -1.96. The van der Waals surface area contributed by atoms with Crippen molar-refractivity contribution in [1.29, 1.82) is 0 Å². The number of fused-ring (bicyclic) bond motifs is 1. The third-order valence-corrected chi connectivity index (χ3v) is 4.16. The van der Waals surface area contributed by atoms with Crippen molar-refractivity contribution in [1.82, 2.24) is 5.16 Å². The van der Waals surface area contributed by atoms with Crippen LogP contribution >= 0.6 is 11.3 Å². The summed E-state index contributed by atoms with van der Waals surface area (Å²) in [5.74, 6) is 1.13. The Bertz CT molecular complexity index is 697. The zero-order valence-electron chi connectivity index (χ0n) is 9.65. The van der Waals surface area contributed by atoms with Gasteiger partial charge in [0, 0.05) is 21.2 Å². The van der Waals surface area contributed by atoms with E-state index in [2.05, 4.69) is 31.1 Å². The molecular weight excluding hydrogens is 232 g/mol. The number of aromatic nitrogens is 1. The first-order chi connectivity index (χ1) is 8.15. The fourth-order valence-electron chi connectivity index (χ4n) is 1.93. The second-order valence-electron chi connectivity index (χ2n) is 4.11. The topological polar surface area (TPSA) is 52.0 Å². The number of anilines is 1. The summed E-state index contributed by atoms with van der Waals surface area (Å²) in [6.45, 7) is 4.30. The van der Waals surface area contributed by atoms with E-state index in [1.54, 1.807) is 17.4 Å². The van der Waals surface area contributed by atoms with Gasteiger partial charge in [0.25, 0.3) is 0 Å². The lowest BCUT2D eigenvalue weighted by molar-refractivity contribution is 0.436. The number of nitrogen functional groups attached to an aromatic ring is 1. The van der Waals surface area contributed by atoms with Crippen molar-refractivity contribution < 1.29 is 4.52 Å². The predicted octanol–water partition coefficient (Wildman–Crippen LogP) is 3.76. The van der Waals surface area contributed by atoms with Gasteiger partial charge in [0.2, 0.25) is 0 Å². The van der Waals surface area contributed by atoms with Crippen molar-refractivity contribution in [3.05, 3.63) is 34.7 Å². The standard InChI is InChI=1S/C13H12N2OS/c1-7-8(2)17-12-5-9(3-4-10(7)12)11-6-13(14)15-16-11/h3-6H,1-2H3,(H2,14,15). The van der Waals surface area contributed by atoms with E-state index >= 15 is 0 Å². The maximum absolute atomic E-state index is 5.55. The predicted molar refractivity (Wildman–Crippen MR) is 71.2 cm³/mol. The molecule has 0 saturated carbocycles. The lowest BCUT2D eigenvalue weighted by Crippen LogP contribution is -1.80. The van der Waals surface area contributed by atoms with E-state index in [0.29, 0.717) is 11.6 Å². The smallest absolute Gasteiger partial charge is 0.169 e. The van der Waals surface area contributed by atoms with Crippen LogP contribution in [0.1, 0.15) is 10.4 Å². The number of nitrogens with zero attached hydrogens (tertiary/aromatic N) is 1. The Labute approximate surface area is 103 Å². The van der Waals surface area contributed by atoms with Crippen LogP contribution in [0.3, 0.4) is 0 Å². The molecule has 4 heteroatoms. The van der Waals surface area contributed by atoms with Gasteiger partial charge in [-0.1, -0.05) is 17.3 Å². The Morgan fingerprint density at radius 2 is 2.06 bits per heavy atom. The van der Waals surface area contributed by atoms with Crippen molar-refractivity contribution in [2.45, 2.75) is 13.8 Å². The molecule has 2 aromatic heterocycles. The number of hydrogen-bond acceptors (Lipinski definition) is 4. The summed E-state index contributed by atoms with van der Waals surface area (Å²) in [5.41, 5.74) is 7.93. The Morgan fingerprint density at radius 1 is 1.24 bits per heavy atom. The van der Waals surface area contributed by atoms with Crippen molar-refractivity contribution >= 4 is 27.2 Å². The number of thiophene rings is 1. The Kier molecular flexibility index (Phi) is 2.19. The van der Waals surface area contributed by atoms with Crippen LogP contribution in [0.15, 0.2) is 28.8 Å². The molecule has 2 heterocycles. The zero-order chi connectivity index (χ0) is 12.0. The van der Waals surface area contributed by atoms with E-state index in [9.17, 15) is 0 Å². The molecule has 0 radical (unpaired) electrons. The van der Waals surface area contributed by atoms with Crippen LogP contribution in [-0.4, -0.2) is 5.16 Å². The van der Waals surface area contributed by atoms with Crippen LogP contribution in [-0.2, 0) is 0 Å². The minimum absolute atomic E-state index is 0.415. The summed E-state index contributed by atoms with van der Waals surface area (Å²) in [4.78, 5) is 1.36. The first-order valence-electron chi connectivity index (χ1n) is 5.37. The highest BCUT2D eigenvalue weighted by molar-refractivity contribution is 7.19. The summed E-state index contributed by atoms with van der Waals surface area (Å²) in [7, 11) is 0. The SMILES string of the molecule is Cc1sc2cc(-c3cc(N)no3)ccc2c1C. The zero-order valence-corrected chi connectivity index (χ0v) is 10.5. The molecule has 0 atom stereocenters. The van der Waals surface area contributed by atoms with Crippen LogP contribution < -0.4 is 5.73 Å². The van der Waals surface area contributed by atoms with Crippen LogP contribution in [0.2, 0.25) is 0 Å². The highest BCUT2D eigenvalue weighted by atomic mass is 32.1. The third-order valence-electron chi connectivity index (χ3n) is 2.99. The molecule has 0 aliphatic rings. The minimum atomic E-state index is 0.415. The van der Waals surface area contributed by atoms with Gasteiger partial charge in [-0.2, -0.15) is 0 Å². The van der Waals surface area contributed by atoms with E-state index in [1.807, 2.05) is 6.07 Å². The van der Waals surface area contributed by atoms with Gasteiger partial charge >= 0.3 is 0 Å². The van der Waals surface area contributed by atoms with E-state index in [0.717, 1.165) is 5.56 Å². The van der Waals surface area contributed by atoms with Crippen molar-refractivity contribution in [2.75, 3.05) is 5.73 Å². The fourth-order valence-corrected chi connectivity index (χ4v) is 3.04. The van der Waals surface area contributed by atoms with Gasteiger partial charge in [0.1, 0.15) is 0 Å². The van der Waals surface area contributed by atoms with Crippen molar-refractivity contribution in [3.63, 3.8) is 0 Å². The second kappa shape index (κ2) is 3.60. The number of nitrogens with two attached hydrogens (primary N) is 1. The lowest BCUT2D eigenvalue weighted by atomic mass is 10.1. The maximum Gasteiger partial charge on any atom is 0.169 e. The molecular formula is C13H12N2OS. The number of benzene rings is 1. The maximum atomic E-state index is 5.55. The molecule has 86 valence electrons. The Hall–Kier alpha value is -1.81. The normalized spacial score (nSPS) is 11.2. The molecule has 3 nitrogen and oxygen atoms in total. The highest BCUT2D eigenvalue weighted by Crippen LogP contribution is 2.33. The summed E-state index contributed by atoms with van der Waals surface area (Å²) < 4.78 is 6.44. The molecule has 0 fully saturated rings. The average Bonchev–Trinajstić information content (AvgIpc) is 2.85. The molecule has 3 aromatic rings. The summed E-state index contributed by atoms with van der Waals surface area (Å²) in [6, 6.07) is 8.04. The molecule has 0 spiro atoms. The Morgan fingerprint density at radius 3 is 2.76 bits per heavy atom. The first-order valence-corrected chi connectivity index (χ1v) is 6.19. The average molecular weight is 244 g/mol. The molecule has 3 rings (SSSR count). The number of rotatable bonds is 1. The van der Waals surface area contributed by atoms with Gasteiger partial charge in [-0.3, -0.25) is 0 Å². The van der Waals surface area contributed by atoms with Crippen LogP contribution in [0.25, 0.3) is 21.4 Å². The molecule has 0 unspecified atom stereocenters. The number of aryl methyl sites for hydroxylation is 2. The molecule has 0 aliphatic heterocycles. The highest BCUT2D eigenvalue weighted by Gasteiger charge is 2.09. The Balaban J connectivity index is 2.20. The fraction of sp³-hybridized carbons (Fsp3) is 0.154. The van der Waals surface area contributed by atoms with Gasteiger partial charge in [0.05, 0.1) is 0 Å². The quantitative estimate of drug-likeness (QED) is 0.709. The van der Waals surface area contributed by atoms with Gasteiger partial charge in [0.15, 0.2) is 11.6 Å². The van der Waals surface area contributed by atoms with Crippen LogP contribution in [0.5, 0.6) is 0 Å². The third kappa shape index (κ3) is 1.61. The van der Waals surface area contributed by atoms with Crippen LogP contribution in [0.4, 0.5) is 5.82 Å². The molecule has 1 aromatic carbocycles. The summed E-state index contributed by atoms with van der Waals surface area (Å²) >= 11 is 1.80. The van der Waals surface area contributed by atoms with Gasteiger partial charge in [-0.25, -0.2) is 0 Å². The molecule has 0 bridgehead atoms. The minimum Gasteiger partial charge on any atom is -0.381 e. The first kappa shape index (κ1) is 10.4. The largest absolute Gasteiger partial charge is 0.381 e. The van der Waals surface area contributed by atoms with E-state index in [-0.39, 0.29) is 0 Å². The van der Waals surface area contributed by atoms with Gasteiger partial charge in [-0.05, 0) is 30.9 Å². The van der Waals surface area contributed by atoms with Crippen LogP contribution in [0, 0.1) is 13.8 Å². The van der Waals surface area contributed by atoms with Gasteiger partial charge in [-0.15, -0.1) is 11.3 Å². The summed E-state index contributed by atoms with van der Waals surface area (Å²) in [5, 5.41) is 5.01. The molecule has 0 amide bonds. The molecule has 0 saturated heterocycles.